The molecule has 0 fully saturated rings. The van der Waals surface area contributed by atoms with Crippen LogP contribution in [0.1, 0.15) is 27.7 Å². The molecule has 1 N–H and O–H groups in total. The van der Waals surface area contributed by atoms with Crippen LogP contribution in [-0.2, 0) is 4.79 Å². The lowest BCUT2D eigenvalue weighted by Gasteiger charge is -2.14. The van der Waals surface area contributed by atoms with Crippen LogP contribution in [-0.4, -0.2) is 12.5 Å². The highest BCUT2D eigenvalue weighted by Crippen LogP contribution is 2.24. The van der Waals surface area contributed by atoms with E-state index in [4.69, 9.17) is 4.74 Å². The van der Waals surface area contributed by atoms with Crippen molar-refractivity contribution in [1.29, 1.82) is 0 Å². The first-order valence-electron chi connectivity index (χ1n) is 6.03. The Hall–Kier alpha value is -1.51. The third-order valence-electron chi connectivity index (χ3n) is 2.24. The number of amides is 1. The number of nitrogens with one attached hydrogen (secondary N) is 1. The van der Waals surface area contributed by atoms with Crippen molar-refractivity contribution in [2.45, 2.75) is 27.7 Å². The predicted octanol–water partition coefficient (Wildman–Crippen LogP) is 3.32. The van der Waals surface area contributed by atoms with Crippen LogP contribution in [0, 0.1) is 11.8 Å². The minimum Gasteiger partial charge on any atom is -0.491 e. The number of benzene rings is 1. The lowest BCUT2D eigenvalue weighted by Crippen LogP contribution is -2.18. The molecule has 1 rings (SSSR count). The summed E-state index contributed by atoms with van der Waals surface area (Å²) >= 11 is 0. The van der Waals surface area contributed by atoms with Gasteiger partial charge in [-0.15, -0.1) is 0 Å². The summed E-state index contributed by atoms with van der Waals surface area (Å²) in [5.41, 5.74) is 0.742. The van der Waals surface area contributed by atoms with Crippen LogP contribution in [0.5, 0.6) is 5.75 Å². The Balaban J connectivity index is 2.74. The normalized spacial score (nSPS) is 10.7. The Morgan fingerprint density at radius 1 is 1.24 bits per heavy atom. The quantitative estimate of drug-likeness (QED) is 0.850. The largest absolute Gasteiger partial charge is 0.491 e. The zero-order valence-corrected chi connectivity index (χ0v) is 11.0. The molecule has 1 amide bonds. The summed E-state index contributed by atoms with van der Waals surface area (Å²) in [6, 6.07) is 7.52. The van der Waals surface area contributed by atoms with Gasteiger partial charge in [-0.2, -0.15) is 0 Å². The minimum absolute atomic E-state index is 0.00518. The summed E-state index contributed by atoms with van der Waals surface area (Å²) in [6.07, 6.45) is 0. The van der Waals surface area contributed by atoms with Gasteiger partial charge in [-0.05, 0) is 18.1 Å². The molecule has 0 atom stereocenters. The second kappa shape index (κ2) is 6.28. The summed E-state index contributed by atoms with van der Waals surface area (Å²) < 4.78 is 5.66. The van der Waals surface area contributed by atoms with Gasteiger partial charge in [0.1, 0.15) is 5.75 Å². The Labute approximate surface area is 103 Å². The molecule has 17 heavy (non-hydrogen) atoms. The predicted molar refractivity (Wildman–Crippen MR) is 70.2 cm³/mol. The van der Waals surface area contributed by atoms with Gasteiger partial charge in [0.15, 0.2) is 0 Å². The number of carbonyl (C=O) groups is 1. The van der Waals surface area contributed by atoms with Gasteiger partial charge in [-0.1, -0.05) is 39.8 Å². The average molecular weight is 235 g/mol. The van der Waals surface area contributed by atoms with Gasteiger partial charge in [0.25, 0.3) is 0 Å². The van der Waals surface area contributed by atoms with E-state index in [1.807, 2.05) is 38.1 Å². The molecule has 0 spiro atoms. The smallest absolute Gasteiger partial charge is 0.227 e. The molecule has 0 aromatic heterocycles. The highest BCUT2D eigenvalue weighted by Gasteiger charge is 2.10. The van der Waals surface area contributed by atoms with Gasteiger partial charge in [0.2, 0.25) is 5.91 Å². The fourth-order valence-electron chi connectivity index (χ4n) is 1.23. The van der Waals surface area contributed by atoms with Crippen LogP contribution >= 0.6 is 0 Å². The molecule has 3 heteroatoms. The first-order valence-corrected chi connectivity index (χ1v) is 6.03. The number of ether oxygens (including phenoxy) is 1. The van der Waals surface area contributed by atoms with Crippen LogP contribution in [0.25, 0.3) is 0 Å². The molecule has 3 nitrogen and oxygen atoms in total. The number of hydrogen-bond donors (Lipinski definition) is 1. The van der Waals surface area contributed by atoms with Gasteiger partial charge in [-0.25, -0.2) is 0 Å². The number of para-hydroxylation sites is 2. The number of anilines is 1. The summed E-state index contributed by atoms with van der Waals surface area (Å²) in [5, 5.41) is 2.87. The molecule has 0 unspecified atom stereocenters. The molecule has 0 bridgehead atoms. The maximum absolute atomic E-state index is 11.6. The second-order valence-corrected chi connectivity index (χ2v) is 4.84. The van der Waals surface area contributed by atoms with E-state index in [0.717, 1.165) is 11.4 Å². The molecule has 0 aliphatic carbocycles. The first-order chi connectivity index (χ1) is 8.00. The summed E-state index contributed by atoms with van der Waals surface area (Å²) in [5.74, 6) is 1.16. The fraction of sp³-hybridized carbons (Fsp3) is 0.500. The SMILES string of the molecule is CC(C)COc1ccccc1NC(=O)C(C)C. The second-order valence-electron chi connectivity index (χ2n) is 4.84. The van der Waals surface area contributed by atoms with E-state index in [2.05, 4.69) is 19.2 Å². The van der Waals surface area contributed by atoms with Crippen LogP contribution in [0.15, 0.2) is 24.3 Å². The van der Waals surface area contributed by atoms with E-state index in [-0.39, 0.29) is 11.8 Å². The van der Waals surface area contributed by atoms with Gasteiger partial charge in [0, 0.05) is 5.92 Å². The summed E-state index contributed by atoms with van der Waals surface area (Å²) in [6.45, 7) is 8.57. The molecular weight excluding hydrogens is 214 g/mol. The van der Waals surface area contributed by atoms with E-state index in [1.165, 1.54) is 0 Å². The molecule has 0 heterocycles. The van der Waals surface area contributed by atoms with E-state index in [9.17, 15) is 4.79 Å². The maximum atomic E-state index is 11.6. The topological polar surface area (TPSA) is 38.3 Å². The number of carbonyl (C=O) groups excluding carboxylic acids is 1. The van der Waals surface area contributed by atoms with Gasteiger partial charge < -0.3 is 10.1 Å². The van der Waals surface area contributed by atoms with Gasteiger partial charge in [0.05, 0.1) is 12.3 Å². The van der Waals surface area contributed by atoms with E-state index < -0.39 is 0 Å². The molecule has 94 valence electrons. The zero-order chi connectivity index (χ0) is 12.8. The molecule has 1 aromatic rings. The van der Waals surface area contributed by atoms with E-state index >= 15 is 0 Å². The van der Waals surface area contributed by atoms with Crippen LogP contribution in [0.4, 0.5) is 5.69 Å². The lowest BCUT2D eigenvalue weighted by molar-refractivity contribution is -0.118. The van der Waals surface area contributed by atoms with Crippen LogP contribution < -0.4 is 10.1 Å². The highest BCUT2D eigenvalue weighted by molar-refractivity contribution is 5.93. The molecule has 0 aliphatic heterocycles. The number of hydrogen-bond acceptors (Lipinski definition) is 2. The molecular formula is C14H21NO2. The van der Waals surface area contributed by atoms with Crippen molar-refractivity contribution in [3.05, 3.63) is 24.3 Å². The Bertz CT molecular complexity index is 372. The molecule has 1 aromatic carbocycles. The molecule has 0 aliphatic rings. The van der Waals surface area contributed by atoms with Crippen molar-refractivity contribution in [2.75, 3.05) is 11.9 Å². The standard InChI is InChI=1S/C14H21NO2/c1-10(2)9-17-13-8-6-5-7-12(13)15-14(16)11(3)4/h5-8,10-11H,9H2,1-4H3,(H,15,16). The Morgan fingerprint density at radius 3 is 2.47 bits per heavy atom. The van der Waals surface area contributed by atoms with Crippen LogP contribution in [0.2, 0.25) is 0 Å². The summed E-state index contributed by atoms with van der Waals surface area (Å²) in [4.78, 5) is 11.6. The van der Waals surface area contributed by atoms with Crippen molar-refractivity contribution < 1.29 is 9.53 Å². The van der Waals surface area contributed by atoms with Crippen molar-refractivity contribution in [1.82, 2.24) is 0 Å². The monoisotopic (exact) mass is 235 g/mol. The summed E-state index contributed by atoms with van der Waals surface area (Å²) in [7, 11) is 0. The van der Waals surface area contributed by atoms with Gasteiger partial charge in [-0.3, -0.25) is 4.79 Å². The molecule has 0 saturated heterocycles. The zero-order valence-electron chi connectivity index (χ0n) is 11.0. The minimum atomic E-state index is -0.0341. The van der Waals surface area contributed by atoms with Gasteiger partial charge >= 0.3 is 0 Å². The maximum Gasteiger partial charge on any atom is 0.227 e. The average Bonchev–Trinajstić information content (AvgIpc) is 2.27. The fourth-order valence-corrected chi connectivity index (χ4v) is 1.23. The van der Waals surface area contributed by atoms with Crippen molar-refractivity contribution in [3.8, 4) is 5.75 Å². The van der Waals surface area contributed by atoms with Crippen molar-refractivity contribution >= 4 is 11.6 Å². The number of rotatable bonds is 5. The van der Waals surface area contributed by atoms with Crippen molar-refractivity contribution in [2.24, 2.45) is 11.8 Å². The van der Waals surface area contributed by atoms with Crippen LogP contribution in [0.3, 0.4) is 0 Å². The Morgan fingerprint density at radius 2 is 1.88 bits per heavy atom. The third kappa shape index (κ3) is 4.47. The molecule has 0 radical (unpaired) electrons. The van der Waals surface area contributed by atoms with Crippen molar-refractivity contribution in [3.63, 3.8) is 0 Å². The Kier molecular flexibility index (Phi) is 5.01. The molecule has 0 saturated carbocycles. The lowest BCUT2D eigenvalue weighted by atomic mass is 10.2. The first kappa shape index (κ1) is 13.6. The highest BCUT2D eigenvalue weighted by atomic mass is 16.5. The van der Waals surface area contributed by atoms with E-state index in [1.54, 1.807) is 0 Å². The van der Waals surface area contributed by atoms with E-state index in [0.29, 0.717) is 12.5 Å². The third-order valence-corrected chi connectivity index (χ3v) is 2.24.